The van der Waals surface area contributed by atoms with E-state index in [-0.39, 0.29) is 23.5 Å². The van der Waals surface area contributed by atoms with Crippen LogP contribution in [0.5, 0.6) is 11.5 Å². The van der Waals surface area contributed by atoms with Gasteiger partial charge in [0.25, 0.3) is 5.56 Å². The van der Waals surface area contributed by atoms with Crippen LogP contribution in [0.3, 0.4) is 0 Å². The second-order valence-corrected chi connectivity index (χ2v) is 6.64. The predicted molar refractivity (Wildman–Crippen MR) is 92.4 cm³/mol. The molecule has 0 amide bonds. The number of phenolic OH excluding ortho intramolecular Hbond substituents is 1. The van der Waals surface area contributed by atoms with Gasteiger partial charge in [0, 0.05) is 23.6 Å². The van der Waals surface area contributed by atoms with Crippen molar-refractivity contribution in [3.8, 4) is 11.5 Å². The first-order chi connectivity index (χ1) is 12.3. The van der Waals surface area contributed by atoms with Gasteiger partial charge in [0.15, 0.2) is 11.5 Å². The highest BCUT2D eigenvalue weighted by Gasteiger charge is 2.51. The minimum atomic E-state index is -1.43. The summed E-state index contributed by atoms with van der Waals surface area (Å²) in [7, 11) is 1.24. The number of aliphatic hydroxyl groups is 1. The summed E-state index contributed by atoms with van der Waals surface area (Å²) in [5.41, 5.74) is -0.316. The maximum Gasteiger partial charge on any atom is 0.312 e. The lowest BCUT2D eigenvalue weighted by atomic mass is 9.66. The summed E-state index contributed by atoms with van der Waals surface area (Å²) in [6.07, 6.45) is 0.105. The number of carbonyl (C=O) groups is 1. The zero-order valence-corrected chi connectivity index (χ0v) is 14.8. The molecule has 3 atom stereocenters. The third-order valence-corrected chi connectivity index (χ3v) is 4.84. The Balaban J connectivity index is 2.23. The summed E-state index contributed by atoms with van der Waals surface area (Å²) in [5, 5.41) is 26.2. The summed E-state index contributed by atoms with van der Waals surface area (Å²) in [5.74, 6) is -2.16. The fourth-order valence-electron chi connectivity index (χ4n) is 3.74. The lowest BCUT2D eigenvalue weighted by molar-refractivity contribution is -0.156. The number of rotatable bonds is 4. The van der Waals surface area contributed by atoms with Gasteiger partial charge in [-0.1, -0.05) is 6.07 Å². The Bertz CT molecular complexity index is 882. The highest BCUT2D eigenvalue weighted by atomic mass is 16.5. The van der Waals surface area contributed by atoms with Crippen LogP contribution in [0.15, 0.2) is 23.0 Å². The van der Waals surface area contributed by atoms with Gasteiger partial charge in [-0.3, -0.25) is 14.7 Å². The van der Waals surface area contributed by atoms with E-state index in [1.165, 1.54) is 13.2 Å². The Labute approximate surface area is 149 Å². The highest BCUT2D eigenvalue weighted by Crippen LogP contribution is 2.45. The van der Waals surface area contributed by atoms with Crippen LogP contribution in [0.2, 0.25) is 0 Å². The molecule has 1 aromatic heterocycles. The summed E-state index contributed by atoms with van der Waals surface area (Å²) in [4.78, 5) is 24.9. The molecule has 4 N–H and O–H groups in total. The first-order valence-electron chi connectivity index (χ1n) is 8.35. The molecule has 1 aliphatic rings. The van der Waals surface area contributed by atoms with Gasteiger partial charge in [0.2, 0.25) is 0 Å². The Hall–Kier alpha value is -2.74. The molecule has 0 saturated carbocycles. The van der Waals surface area contributed by atoms with Crippen LogP contribution in [0.4, 0.5) is 0 Å². The molecule has 0 radical (unpaired) electrons. The Morgan fingerprint density at radius 2 is 2.12 bits per heavy atom. The van der Waals surface area contributed by atoms with Gasteiger partial charge in [-0.15, -0.1) is 0 Å². The van der Waals surface area contributed by atoms with Crippen LogP contribution in [-0.2, 0) is 16.0 Å². The number of hydrogen-bond acceptors (Lipinski definition) is 6. The largest absolute Gasteiger partial charge is 0.504 e. The predicted octanol–water partition coefficient (Wildman–Crippen LogP) is 1.04. The standard InChI is InChI=1S/C18H22N2O6/c1-4-26-12-7-9(5-6-11(12)21)13-14-10(19-20-16(14)22)8-18(2,24)15(13)17(23)25-3/h5-7,13,15,21,24H,4,8H2,1-3H3,(H2,19,20,22)/t13-,15-,18-/m0/s1. The van der Waals surface area contributed by atoms with Gasteiger partial charge in [0.1, 0.15) is 0 Å². The minimum Gasteiger partial charge on any atom is -0.504 e. The van der Waals surface area contributed by atoms with E-state index in [1.54, 1.807) is 26.0 Å². The van der Waals surface area contributed by atoms with E-state index in [1.807, 2.05) is 0 Å². The highest BCUT2D eigenvalue weighted by molar-refractivity contribution is 5.77. The molecule has 0 aliphatic heterocycles. The minimum absolute atomic E-state index is 0.0454. The number of nitrogens with one attached hydrogen (secondary N) is 2. The lowest BCUT2D eigenvalue weighted by Crippen LogP contribution is -2.49. The van der Waals surface area contributed by atoms with Crippen LogP contribution in [0.1, 0.15) is 36.6 Å². The molecule has 0 fully saturated rings. The topological polar surface area (TPSA) is 125 Å². The van der Waals surface area contributed by atoms with Crippen molar-refractivity contribution in [3.05, 3.63) is 45.4 Å². The van der Waals surface area contributed by atoms with E-state index in [2.05, 4.69) is 10.2 Å². The molecule has 3 rings (SSSR count). The first-order valence-corrected chi connectivity index (χ1v) is 8.35. The monoisotopic (exact) mass is 362 g/mol. The molecule has 1 heterocycles. The van der Waals surface area contributed by atoms with Crippen molar-refractivity contribution in [2.24, 2.45) is 5.92 Å². The number of phenols is 1. The number of fused-ring (bicyclic) bond motifs is 1. The number of aromatic amines is 2. The zero-order valence-electron chi connectivity index (χ0n) is 14.8. The van der Waals surface area contributed by atoms with Crippen molar-refractivity contribution in [1.29, 1.82) is 0 Å². The van der Waals surface area contributed by atoms with Crippen LogP contribution in [-0.4, -0.2) is 45.7 Å². The number of benzene rings is 1. The fourth-order valence-corrected chi connectivity index (χ4v) is 3.74. The second kappa shape index (κ2) is 6.53. The smallest absolute Gasteiger partial charge is 0.312 e. The molecule has 2 aromatic rings. The van der Waals surface area contributed by atoms with Crippen molar-refractivity contribution >= 4 is 5.97 Å². The molecular formula is C18H22N2O6. The normalized spacial score (nSPS) is 24.8. The molecule has 0 saturated heterocycles. The summed E-state index contributed by atoms with van der Waals surface area (Å²) in [6.45, 7) is 3.67. The lowest BCUT2D eigenvalue weighted by Gasteiger charge is -2.40. The summed E-state index contributed by atoms with van der Waals surface area (Å²) < 4.78 is 10.3. The van der Waals surface area contributed by atoms with Gasteiger partial charge < -0.3 is 24.8 Å². The van der Waals surface area contributed by atoms with E-state index in [4.69, 9.17) is 9.47 Å². The summed E-state index contributed by atoms with van der Waals surface area (Å²) in [6, 6.07) is 4.63. The molecule has 8 nitrogen and oxygen atoms in total. The fraction of sp³-hybridized carbons (Fsp3) is 0.444. The molecule has 0 spiro atoms. The summed E-state index contributed by atoms with van der Waals surface area (Å²) >= 11 is 0. The third kappa shape index (κ3) is 2.86. The van der Waals surface area contributed by atoms with Crippen molar-refractivity contribution in [2.45, 2.75) is 31.8 Å². The number of ether oxygens (including phenoxy) is 2. The van der Waals surface area contributed by atoms with Crippen molar-refractivity contribution in [2.75, 3.05) is 13.7 Å². The quantitative estimate of drug-likeness (QED) is 0.602. The average Bonchev–Trinajstić information content (AvgIpc) is 2.94. The zero-order chi connectivity index (χ0) is 19.1. The number of H-pyrrole nitrogens is 2. The van der Waals surface area contributed by atoms with Crippen LogP contribution >= 0.6 is 0 Å². The van der Waals surface area contributed by atoms with Gasteiger partial charge >= 0.3 is 5.97 Å². The molecule has 140 valence electrons. The molecule has 1 aliphatic carbocycles. The van der Waals surface area contributed by atoms with Gasteiger partial charge in [-0.05, 0) is 31.5 Å². The molecule has 8 heteroatoms. The molecule has 1 aromatic carbocycles. The van der Waals surface area contributed by atoms with Crippen molar-refractivity contribution in [3.63, 3.8) is 0 Å². The van der Waals surface area contributed by atoms with Crippen molar-refractivity contribution < 1.29 is 24.5 Å². The maximum absolute atomic E-state index is 12.5. The van der Waals surface area contributed by atoms with E-state index in [0.29, 0.717) is 23.4 Å². The number of aromatic hydroxyl groups is 1. The first kappa shape index (κ1) is 18.1. The van der Waals surface area contributed by atoms with E-state index < -0.39 is 23.4 Å². The molecule has 26 heavy (non-hydrogen) atoms. The van der Waals surface area contributed by atoms with Gasteiger partial charge in [-0.2, -0.15) is 0 Å². The number of aromatic nitrogens is 2. The SMILES string of the molecule is CCOc1cc([C@H]2c3c([nH][nH]c3=O)C[C@](C)(O)[C@@H]2C(=O)OC)ccc1O. The van der Waals surface area contributed by atoms with E-state index >= 15 is 0 Å². The second-order valence-electron chi connectivity index (χ2n) is 6.64. The Morgan fingerprint density at radius 1 is 1.38 bits per heavy atom. The molecule has 0 unspecified atom stereocenters. The third-order valence-electron chi connectivity index (χ3n) is 4.84. The molecular weight excluding hydrogens is 340 g/mol. The number of methoxy groups -OCH3 is 1. The Kier molecular flexibility index (Phi) is 4.53. The van der Waals surface area contributed by atoms with Gasteiger partial charge in [0.05, 0.1) is 25.2 Å². The number of esters is 1. The Morgan fingerprint density at radius 3 is 2.77 bits per heavy atom. The van der Waals surface area contributed by atoms with E-state index in [0.717, 1.165) is 0 Å². The average molecular weight is 362 g/mol. The van der Waals surface area contributed by atoms with Gasteiger partial charge in [-0.25, -0.2) is 0 Å². The maximum atomic E-state index is 12.5. The van der Waals surface area contributed by atoms with E-state index in [9.17, 15) is 19.8 Å². The van der Waals surface area contributed by atoms with Crippen LogP contribution < -0.4 is 10.3 Å². The van der Waals surface area contributed by atoms with Crippen LogP contribution in [0.25, 0.3) is 0 Å². The number of hydrogen-bond donors (Lipinski definition) is 4. The number of carbonyl (C=O) groups excluding carboxylic acids is 1. The van der Waals surface area contributed by atoms with Crippen LogP contribution in [0, 0.1) is 5.92 Å². The van der Waals surface area contributed by atoms with Crippen molar-refractivity contribution in [1.82, 2.24) is 10.2 Å². The molecule has 0 bridgehead atoms.